The van der Waals surface area contributed by atoms with Crippen LogP contribution in [0.1, 0.15) is 42.1 Å². The smallest absolute Gasteiger partial charge is 0.243 e. The Balaban J connectivity index is 1.59. The first kappa shape index (κ1) is 26.0. The van der Waals surface area contributed by atoms with Gasteiger partial charge in [-0.05, 0) is 30.5 Å². The van der Waals surface area contributed by atoms with Crippen LogP contribution in [0.3, 0.4) is 0 Å². The van der Waals surface area contributed by atoms with Crippen molar-refractivity contribution in [2.24, 2.45) is 0 Å². The molecule has 0 unspecified atom stereocenters. The molecule has 0 bridgehead atoms. The zero-order valence-corrected chi connectivity index (χ0v) is 21.0. The topological polar surface area (TPSA) is 68.6 Å². The lowest BCUT2D eigenvalue weighted by atomic mass is 9.91. The number of benzene rings is 2. The Morgan fingerprint density at radius 2 is 1.89 bits per heavy atom. The number of Topliss-reactive ketones (excluding diaryl/α,β-unsaturated/α-hetero) is 2. The van der Waals surface area contributed by atoms with E-state index in [1.807, 2.05) is 0 Å². The van der Waals surface area contributed by atoms with Crippen LogP contribution in [-0.2, 0) is 20.9 Å². The third kappa shape index (κ3) is 4.80. The molecule has 9 heteroatoms. The third-order valence-corrected chi connectivity index (χ3v) is 7.08. The fourth-order valence-electron chi connectivity index (χ4n) is 5.00. The van der Waals surface area contributed by atoms with E-state index in [4.69, 9.17) is 16.3 Å². The van der Waals surface area contributed by atoms with Crippen molar-refractivity contribution in [3.63, 3.8) is 0 Å². The van der Waals surface area contributed by atoms with Gasteiger partial charge in [-0.15, -0.1) is 0 Å². The summed E-state index contributed by atoms with van der Waals surface area (Å²) in [6.45, 7) is 2.65. The van der Waals surface area contributed by atoms with Crippen molar-refractivity contribution in [3.8, 4) is 0 Å². The second-order valence-electron chi connectivity index (χ2n) is 9.17. The standard InChI is InChI=1S/C27H27ClF2N2O4/c1-15(17-8-6-9-20(28)25(17)30)11-23(34)26-27(36-3)21(29)13-32(26)24(35)14-31-12-19(16(2)33)18-7-4-5-10-22(18)31/h4-10,12,15,21,26-27H,11,13-14H2,1-3H3/t15-,21+,26-,27-/m1/s1. The average Bonchev–Trinajstić information content (AvgIpc) is 3.38. The van der Waals surface area contributed by atoms with Crippen molar-refractivity contribution in [2.75, 3.05) is 13.7 Å². The Kier molecular flexibility index (Phi) is 7.57. The van der Waals surface area contributed by atoms with Gasteiger partial charge in [0, 0.05) is 36.2 Å². The Labute approximate surface area is 212 Å². The first-order valence-electron chi connectivity index (χ1n) is 11.7. The van der Waals surface area contributed by atoms with E-state index in [0.29, 0.717) is 16.5 Å². The Morgan fingerprint density at radius 3 is 2.58 bits per heavy atom. The van der Waals surface area contributed by atoms with Gasteiger partial charge in [0.25, 0.3) is 0 Å². The molecule has 0 radical (unpaired) electrons. The molecule has 1 aromatic heterocycles. The summed E-state index contributed by atoms with van der Waals surface area (Å²) >= 11 is 5.88. The number of alkyl halides is 1. The van der Waals surface area contributed by atoms with Gasteiger partial charge in [-0.1, -0.05) is 48.9 Å². The summed E-state index contributed by atoms with van der Waals surface area (Å²) in [5.74, 6) is -2.20. The highest BCUT2D eigenvalue weighted by atomic mass is 35.5. The lowest BCUT2D eigenvalue weighted by Crippen LogP contribution is -2.47. The van der Waals surface area contributed by atoms with Crippen LogP contribution in [-0.4, -0.2) is 58.9 Å². The molecular formula is C27H27ClF2N2O4. The number of ether oxygens (including phenoxy) is 1. The lowest BCUT2D eigenvalue weighted by molar-refractivity contribution is -0.140. The van der Waals surface area contributed by atoms with Gasteiger partial charge in [-0.3, -0.25) is 14.4 Å². The van der Waals surface area contributed by atoms with Gasteiger partial charge in [-0.25, -0.2) is 8.78 Å². The monoisotopic (exact) mass is 516 g/mol. The summed E-state index contributed by atoms with van der Waals surface area (Å²) in [5.41, 5.74) is 1.43. The molecule has 0 aliphatic carbocycles. The maximum Gasteiger partial charge on any atom is 0.243 e. The van der Waals surface area contributed by atoms with Gasteiger partial charge in [-0.2, -0.15) is 0 Å². The van der Waals surface area contributed by atoms with Gasteiger partial charge < -0.3 is 14.2 Å². The van der Waals surface area contributed by atoms with E-state index in [2.05, 4.69) is 0 Å². The first-order valence-corrected chi connectivity index (χ1v) is 12.0. The number of ketones is 2. The zero-order valence-electron chi connectivity index (χ0n) is 20.2. The molecule has 1 fully saturated rings. The van der Waals surface area contributed by atoms with E-state index in [0.717, 1.165) is 0 Å². The maximum absolute atomic E-state index is 14.9. The number of fused-ring (bicyclic) bond motifs is 1. The molecule has 0 spiro atoms. The van der Waals surface area contributed by atoms with Crippen LogP contribution >= 0.6 is 11.6 Å². The van der Waals surface area contributed by atoms with Crippen molar-refractivity contribution < 1.29 is 27.9 Å². The Bertz CT molecular complexity index is 1320. The Hall–Kier alpha value is -3.10. The van der Waals surface area contributed by atoms with Gasteiger partial charge in [0.2, 0.25) is 5.91 Å². The fourth-order valence-corrected chi connectivity index (χ4v) is 5.18. The molecule has 190 valence electrons. The summed E-state index contributed by atoms with van der Waals surface area (Å²) in [6, 6.07) is 10.6. The Morgan fingerprint density at radius 1 is 1.17 bits per heavy atom. The summed E-state index contributed by atoms with van der Waals surface area (Å²) in [7, 11) is 1.30. The number of hydrogen-bond donors (Lipinski definition) is 0. The van der Waals surface area contributed by atoms with E-state index in [-0.39, 0.29) is 35.9 Å². The molecule has 4 rings (SSSR count). The number of rotatable bonds is 8. The molecule has 0 saturated carbocycles. The number of para-hydroxylation sites is 1. The molecule has 1 aliphatic rings. The molecule has 0 N–H and O–H groups in total. The number of nitrogens with zero attached hydrogens (tertiary/aromatic N) is 2. The van der Waals surface area contributed by atoms with E-state index >= 15 is 0 Å². The summed E-state index contributed by atoms with van der Waals surface area (Å²) in [5, 5.41) is 0.661. The summed E-state index contributed by atoms with van der Waals surface area (Å²) in [6.07, 6.45) is -1.21. The molecule has 36 heavy (non-hydrogen) atoms. The summed E-state index contributed by atoms with van der Waals surface area (Å²) in [4.78, 5) is 40.0. The maximum atomic E-state index is 14.9. The number of methoxy groups -OCH3 is 1. The number of hydrogen-bond acceptors (Lipinski definition) is 4. The first-order chi connectivity index (χ1) is 17.1. The quantitative estimate of drug-likeness (QED) is 0.397. The zero-order chi connectivity index (χ0) is 26.1. The minimum absolute atomic E-state index is 0.0491. The predicted octanol–water partition coefficient (Wildman–Crippen LogP) is 4.96. The van der Waals surface area contributed by atoms with Crippen LogP contribution in [0, 0.1) is 5.82 Å². The van der Waals surface area contributed by atoms with Gasteiger partial charge in [0.05, 0.1) is 11.6 Å². The average molecular weight is 517 g/mol. The number of carbonyl (C=O) groups is 3. The molecule has 2 heterocycles. The molecule has 1 amide bonds. The lowest BCUT2D eigenvalue weighted by Gasteiger charge is -2.27. The van der Waals surface area contributed by atoms with Crippen LogP contribution in [0.25, 0.3) is 10.9 Å². The van der Waals surface area contributed by atoms with E-state index in [1.54, 1.807) is 54.1 Å². The summed E-state index contributed by atoms with van der Waals surface area (Å²) < 4.78 is 36.3. The van der Waals surface area contributed by atoms with E-state index in [1.165, 1.54) is 25.0 Å². The minimum atomic E-state index is -1.56. The largest absolute Gasteiger partial charge is 0.376 e. The number of halogens is 3. The molecule has 4 atom stereocenters. The van der Waals surface area contributed by atoms with Crippen molar-refractivity contribution in [1.82, 2.24) is 9.47 Å². The fraction of sp³-hybridized carbons (Fsp3) is 0.370. The number of amides is 1. The molecular weight excluding hydrogens is 490 g/mol. The van der Waals surface area contributed by atoms with Crippen molar-refractivity contribution in [3.05, 3.63) is 70.6 Å². The highest BCUT2D eigenvalue weighted by molar-refractivity contribution is 6.30. The second-order valence-corrected chi connectivity index (χ2v) is 9.57. The van der Waals surface area contributed by atoms with E-state index in [9.17, 15) is 23.2 Å². The van der Waals surface area contributed by atoms with Crippen molar-refractivity contribution in [1.29, 1.82) is 0 Å². The van der Waals surface area contributed by atoms with Crippen LogP contribution in [0.2, 0.25) is 5.02 Å². The van der Waals surface area contributed by atoms with Gasteiger partial charge in [0.1, 0.15) is 30.7 Å². The van der Waals surface area contributed by atoms with E-state index < -0.39 is 41.7 Å². The van der Waals surface area contributed by atoms with Crippen molar-refractivity contribution >= 4 is 40.0 Å². The van der Waals surface area contributed by atoms with Crippen LogP contribution in [0.5, 0.6) is 0 Å². The molecule has 2 aromatic carbocycles. The normalized spacial score (nSPS) is 20.6. The SMILES string of the molecule is CO[C@H]1[C@@H](C(=O)C[C@@H](C)c2cccc(Cl)c2F)N(C(=O)Cn2cc(C(C)=O)c3ccccc32)C[C@@H]1F. The van der Waals surface area contributed by atoms with Gasteiger partial charge >= 0.3 is 0 Å². The van der Waals surface area contributed by atoms with Crippen LogP contribution in [0.4, 0.5) is 8.78 Å². The number of aromatic nitrogens is 1. The van der Waals surface area contributed by atoms with Crippen LogP contribution in [0.15, 0.2) is 48.7 Å². The highest BCUT2D eigenvalue weighted by Crippen LogP contribution is 2.31. The predicted molar refractivity (Wildman–Crippen MR) is 133 cm³/mol. The third-order valence-electron chi connectivity index (χ3n) is 6.79. The minimum Gasteiger partial charge on any atom is -0.376 e. The number of carbonyl (C=O) groups excluding carboxylic acids is 3. The van der Waals surface area contributed by atoms with Crippen molar-refractivity contribution in [2.45, 2.75) is 51.0 Å². The van der Waals surface area contributed by atoms with Crippen LogP contribution < -0.4 is 0 Å². The molecule has 6 nitrogen and oxygen atoms in total. The second kappa shape index (κ2) is 10.5. The molecule has 3 aromatic rings. The van der Waals surface area contributed by atoms with Gasteiger partial charge in [0.15, 0.2) is 11.6 Å². The molecule has 1 saturated heterocycles. The highest BCUT2D eigenvalue weighted by Gasteiger charge is 2.48. The molecule has 1 aliphatic heterocycles. The number of likely N-dealkylation sites (tertiary alicyclic amines) is 1.